The third-order valence-electron chi connectivity index (χ3n) is 7.20. The number of methoxy groups -OCH3 is 1. The highest BCUT2D eigenvalue weighted by atomic mass is 16.5. The van der Waals surface area contributed by atoms with E-state index in [0.29, 0.717) is 35.0 Å². The van der Waals surface area contributed by atoms with Gasteiger partial charge in [-0.15, -0.1) is 0 Å². The van der Waals surface area contributed by atoms with Crippen molar-refractivity contribution in [2.45, 2.75) is 69.0 Å². The lowest BCUT2D eigenvalue weighted by Crippen LogP contribution is -2.31. The molecule has 5 atom stereocenters. The van der Waals surface area contributed by atoms with E-state index < -0.39 is 12.3 Å². The maximum atomic E-state index is 13.2. The fraction of sp³-hybridized carbons (Fsp3) is 0.542. The van der Waals surface area contributed by atoms with E-state index in [9.17, 15) is 15.0 Å². The Bertz CT molecular complexity index is 1240. The van der Waals surface area contributed by atoms with E-state index in [1.165, 1.54) is 0 Å². The fourth-order valence-corrected chi connectivity index (χ4v) is 5.28. The third-order valence-corrected chi connectivity index (χ3v) is 7.20. The van der Waals surface area contributed by atoms with Crippen molar-refractivity contribution in [2.75, 3.05) is 24.8 Å². The highest BCUT2D eigenvalue weighted by Crippen LogP contribution is 2.30. The van der Waals surface area contributed by atoms with Gasteiger partial charge in [0.2, 0.25) is 0 Å². The minimum absolute atomic E-state index is 0.142. The molecule has 0 bridgehead atoms. The summed E-state index contributed by atoms with van der Waals surface area (Å²) < 4.78 is 8.66. The van der Waals surface area contributed by atoms with Gasteiger partial charge < -0.3 is 30.2 Å². The van der Waals surface area contributed by atoms with Crippen LogP contribution in [0, 0.1) is 0 Å². The van der Waals surface area contributed by atoms with E-state index >= 15 is 0 Å². The van der Waals surface area contributed by atoms with E-state index in [2.05, 4.69) is 26.0 Å². The van der Waals surface area contributed by atoms with Crippen LogP contribution in [0.4, 0.5) is 17.3 Å². The number of hydrogen-bond donors (Lipinski definition) is 5. The van der Waals surface area contributed by atoms with Crippen molar-refractivity contribution in [3.05, 3.63) is 46.5 Å². The lowest BCUT2D eigenvalue weighted by atomic mass is 10.2. The molecule has 5 rings (SSSR count). The Labute approximate surface area is 203 Å². The highest BCUT2D eigenvalue weighted by molar-refractivity contribution is 5.65. The number of aliphatic hydroxyl groups is 2. The molecule has 188 valence electrons. The summed E-state index contributed by atoms with van der Waals surface area (Å²) >= 11 is 0. The molecule has 11 nitrogen and oxygen atoms in total. The van der Waals surface area contributed by atoms with Gasteiger partial charge in [-0.2, -0.15) is 9.61 Å². The molecule has 3 heterocycles. The number of pyridine rings is 1. The second-order valence-corrected chi connectivity index (χ2v) is 9.37. The summed E-state index contributed by atoms with van der Waals surface area (Å²) in [5, 5.41) is 35.1. The number of aliphatic hydroxyl groups excluding tert-OH is 2. The predicted octanol–water partition coefficient (Wildman–Crippen LogP) is 1.91. The van der Waals surface area contributed by atoms with Crippen molar-refractivity contribution in [2.24, 2.45) is 0 Å². The topological polar surface area (TPSA) is 138 Å². The van der Waals surface area contributed by atoms with Crippen molar-refractivity contribution in [3.63, 3.8) is 0 Å². The first-order chi connectivity index (χ1) is 17.0. The number of nitrogens with one attached hydrogen (secondary N) is 3. The molecule has 2 aliphatic carbocycles. The van der Waals surface area contributed by atoms with E-state index in [1.807, 2.05) is 0 Å². The van der Waals surface area contributed by atoms with Crippen LogP contribution in [0.2, 0.25) is 0 Å². The van der Waals surface area contributed by atoms with Crippen LogP contribution in [0.5, 0.6) is 0 Å². The second-order valence-electron chi connectivity index (χ2n) is 9.37. The van der Waals surface area contributed by atoms with Gasteiger partial charge in [0.1, 0.15) is 23.6 Å². The van der Waals surface area contributed by atoms with Crippen LogP contribution < -0.4 is 21.5 Å². The van der Waals surface area contributed by atoms with Gasteiger partial charge in [-0.1, -0.05) is 0 Å². The molecule has 11 heteroatoms. The minimum atomic E-state index is -0.946. The Kier molecular flexibility index (Phi) is 6.74. The Morgan fingerprint density at radius 3 is 2.83 bits per heavy atom. The maximum absolute atomic E-state index is 13.2. The molecule has 2 saturated carbocycles. The average Bonchev–Trinajstić information content (AvgIpc) is 3.59. The Hall–Kier alpha value is -2.99. The van der Waals surface area contributed by atoms with Gasteiger partial charge >= 0.3 is 0 Å². The van der Waals surface area contributed by atoms with Crippen LogP contribution in [0.25, 0.3) is 5.65 Å². The maximum Gasteiger partial charge on any atom is 0.274 e. The van der Waals surface area contributed by atoms with Gasteiger partial charge in [0.15, 0.2) is 5.65 Å². The average molecular weight is 484 g/mol. The number of anilines is 3. The van der Waals surface area contributed by atoms with Gasteiger partial charge in [-0.3, -0.25) is 10.1 Å². The van der Waals surface area contributed by atoms with E-state index in [1.54, 1.807) is 53.8 Å². The zero-order valence-corrected chi connectivity index (χ0v) is 20.0. The zero-order chi connectivity index (χ0) is 24.5. The van der Waals surface area contributed by atoms with Crippen molar-refractivity contribution in [3.8, 4) is 0 Å². The van der Waals surface area contributed by atoms with Crippen LogP contribution >= 0.6 is 0 Å². The molecule has 0 saturated heterocycles. The summed E-state index contributed by atoms with van der Waals surface area (Å²) in [6.45, 7) is 0. The smallest absolute Gasteiger partial charge is 0.274 e. The number of rotatable bonds is 8. The number of nitrogens with zero attached hydrogens (tertiary/aromatic N) is 4. The summed E-state index contributed by atoms with van der Waals surface area (Å²) in [6.07, 6.45) is 7.15. The Morgan fingerprint density at radius 2 is 2.11 bits per heavy atom. The number of ether oxygens (including phenoxy) is 1. The molecule has 0 aromatic carbocycles. The number of fused-ring (bicyclic) bond motifs is 1. The molecule has 2 fully saturated rings. The summed E-state index contributed by atoms with van der Waals surface area (Å²) in [5.74, 6) is 1.09. The van der Waals surface area contributed by atoms with Crippen molar-refractivity contribution >= 4 is 23.0 Å². The van der Waals surface area contributed by atoms with Gasteiger partial charge in [0, 0.05) is 32.5 Å². The second kappa shape index (κ2) is 9.94. The first-order valence-corrected chi connectivity index (χ1v) is 12.2. The lowest BCUT2D eigenvalue weighted by molar-refractivity contribution is 0.0958. The fourth-order valence-electron chi connectivity index (χ4n) is 5.28. The molecule has 2 aliphatic rings. The van der Waals surface area contributed by atoms with Crippen molar-refractivity contribution in [1.29, 1.82) is 0 Å². The van der Waals surface area contributed by atoms with Crippen molar-refractivity contribution < 1.29 is 14.9 Å². The standard InChI is InChI=1S/C24H33N7O4/c1-25-21-12-20(28-17-5-4-10-30(24(17)34)18-6-3-7-19(18)32)29-22-16(13-26-31(21)22)23(33)27-14-8-9-15(11-14)35-2/h4-5,10,12-15,18-19,23,25,27,32-33H,3,6-9,11H2,1-2H3,(H,28,29)/t14-,15-,18+,19-,23?/m0/s1. The number of hydrogen-bond acceptors (Lipinski definition) is 9. The molecule has 0 amide bonds. The molecule has 1 unspecified atom stereocenters. The summed E-state index contributed by atoms with van der Waals surface area (Å²) in [6, 6.07) is 5.17. The molecule has 0 spiro atoms. The largest absolute Gasteiger partial charge is 0.391 e. The summed E-state index contributed by atoms with van der Waals surface area (Å²) in [7, 11) is 3.48. The summed E-state index contributed by atoms with van der Waals surface area (Å²) in [4.78, 5) is 17.8. The molecular formula is C24H33N7O4. The quantitative estimate of drug-likeness (QED) is 0.304. The van der Waals surface area contributed by atoms with Gasteiger partial charge in [-0.05, 0) is 50.7 Å². The molecular weight excluding hydrogens is 450 g/mol. The molecule has 0 aliphatic heterocycles. The van der Waals surface area contributed by atoms with Crippen LogP contribution in [-0.2, 0) is 4.74 Å². The normalized spacial score (nSPS) is 25.3. The van der Waals surface area contributed by atoms with Crippen molar-refractivity contribution in [1.82, 2.24) is 24.5 Å². The monoisotopic (exact) mass is 483 g/mol. The first-order valence-electron chi connectivity index (χ1n) is 12.2. The predicted molar refractivity (Wildman–Crippen MR) is 132 cm³/mol. The minimum Gasteiger partial charge on any atom is -0.391 e. The Balaban J connectivity index is 1.43. The highest BCUT2D eigenvalue weighted by Gasteiger charge is 2.29. The van der Waals surface area contributed by atoms with E-state index in [0.717, 1.165) is 32.1 Å². The zero-order valence-electron chi connectivity index (χ0n) is 20.0. The third kappa shape index (κ3) is 4.64. The van der Waals surface area contributed by atoms with Crippen LogP contribution in [0.15, 0.2) is 35.4 Å². The van der Waals surface area contributed by atoms with Gasteiger partial charge in [0.05, 0.1) is 30.0 Å². The molecule has 5 N–H and O–H groups in total. The lowest BCUT2D eigenvalue weighted by Gasteiger charge is -2.19. The molecule has 3 aromatic rings. The molecule has 3 aromatic heterocycles. The van der Waals surface area contributed by atoms with Crippen LogP contribution in [0.1, 0.15) is 56.4 Å². The SMILES string of the molecule is CNc1cc(Nc2cccn([C@@H]3CCC[C@@H]3O)c2=O)nc2c(C(O)N[C@H]3CC[C@H](OC)C3)cnn12. The summed E-state index contributed by atoms with van der Waals surface area (Å²) in [5.41, 5.74) is 1.17. The van der Waals surface area contributed by atoms with Gasteiger partial charge in [0.25, 0.3) is 5.56 Å². The van der Waals surface area contributed by atoms with E-state index in [-0.39, 0.29) is 23.7 Å². The molecule has 35 heavy (non-hydrogen) atoms. The first kappa shape index (κ1) is 23.7. The Morgan fingerprint density at radius 1 is 1.26 bits per heavy atom. The molecule has 0 radical (unpaired) electrons. The van der Waals surface area contributed by atoms with E-state index in [4.69, 9.17) is 4.74 Å². The number of aromatic nitrogens is 4. The van der Waals surface area contributed by atoms with Crippen LogP contribution in [-0.4, -0.2) is 61.8 Å². The van der Waals surface area contributed by atoms with Gasteiger partial charge in [-0.25, -0.2) is 4.98 Å². The van der Waals surface area contributed by atoms with Crippen LogP contribution in [0.3, 0.4) is 0 Å².